The van der Waals surface area contributed by atoms with Crippen molar-refractivity contribution in [1.82, 2.24) is 24.7 Å². The number of likely N-dealkylation sites (N-methyl/N-ethyl adjacent to an activating group) is 1. The summed E-state index contributed by atoms with van der Waals surface area (Å²) in [6.45, 7) is 16.4. The first-order valence-corrected chi connectivity index (χ1v) is 20.4. The number of amides is 1. The summed E-state index contributed by atoms with van der Waals surface area (Å²) in [6.07, 6.45) is 1.12. The molecule has 0 spiro atoms. The number of methoxy groups -OCH3 is 1. The van der Waals surface area contributed by atoms with Crippen LogP contribution in [-0.2, 0) is 11.0 Å². The molecule has 2 aromatic carbocycles. The number of nitrogens with zero attached hydrogens (tertiary/aromatic N) is 6. The van der Waals surface area contributed by atoms with Gasteiger partial charge in [-0.15, -0.1) is 11.3 Å². The van der Waals surface area contributed by atoms with E-state index in [1.54, 1.807) is 13.0 Å². The van der Waals surface area contributed by atoms with Gasteiger partial charge in [0.25, 0.3) is 0 Å². The molecule has 17 heteroatoms. The largest absolute Gasteiger partial charge is 0.467 e. The Morgan fingerprint density at radius 2 is 1.83 bits per heavy atom. The molecule has 58 heavy (non-hydrogen) atoms. The van der Waals surface area contributed by atoms with Gasteiger partial charge < -0.3 is 20.7 Å². The van der Waals surface area contributed by atoms with E-state index >= 15 is 4.39 Å². The Bertz CT molecular complexity index is 2070. The minimum absolute atomic E-state index is 0.0444. The van der Waals surface area contributed by atoms with Crippen LogP contribution in [0.25, 0.3) is 32.1 Å². The summed E-state index contributed by atoms with van der Waals surface area (Å²) in [7, 11) is 3.36. The van der Waals surface area contributed by atoms with Crippen molar-refractivity contribution in [2.45, 2.75) is 104 Å². The molecule has 3 saturated heterocycles. The number of hydrogen-bond donors (Lipinski definition) is 2. The van der Waals surface area contributed by atoms with Gasteiger partial charge in [-0.25, -0.2) is 13.2 Å². The molecule has 3 fully saturated rings. The lowest BCUT2D eigenvalue weighted by molar-refractivity contribution is -0.137. The number of halogens is 6. The number of nitrogen functional groups attached to an aromatic ring is 1. The number of rotatable bonds is 7. The molecule has 1 amide bonds. The van der Waals surface area contributed by atoms with Gasteiger partial charge in [0.15, 0.2) is 5.82 Å². The molecule has 7 rings (SSSR count). The van der Waals surface area contributed by atoms with E-state index in [1.165, 1.54) is 20.0 Å². The zero-order valence-corrected chi connectivity index (χ0v) is 35.2. The molecular formula is C41H54F6N8O2S. The predicted molar refractivity (Wildman–Crippen MR) is 219 cm³/mol. The van der Waals surface area contributed by atoms with Crippen LogP contribution >= 0.6 is 11.3 Å². The molecule has 318 valence electrons. The topological polar surface area (TPSA) is 124 Å². The fourth-order valence-electron chi connectivity index (χ4n) is 7.40. The first kappa shape index (κ1) is 46.3. The Kier molecular flexibility index (Phi) is 15.6. The summed E-state index contributed by atoms with van der Waals surface area (Å²) in [5.41, 5.74) is 2.78. The van der Waals surface area contributed by atoms with Crippen molar-refractivity contribution in [1.29, 1.82) is 5.26 Å². The molecule has 3 aliphatic heterocycles. The number of carbonyl (C=O) groups excluding carboxylic acids is 1. The number of nitriles is 1. The van der Waals surface area contributed by atoms with Gasteiger partial charge in [0.1, 0.15) is 34.4 Å². The molecule has 10 nitrogen and oxygen atoms in total. The molecule has 2 aromatic heterocycles. The number of anilines is 2. The lowest BCUT2D eigenvalue weighted by Gasteiger charge is -2.35. The van der Waals surface area contributed by atoms with Crippen molar-refractivity contribution in [3.63, 3.8) is 0 Å². The standard InChI is InChI=1S/C21H14F5N5OS.C11H22N2O.C7H12FN.C2H6/c1-3-29-19-9-6-11(21(24,25)26)14(15(23)16(9)30-20(31-19)32-2)8-4-5-12(22)17-13(8)10(7-27)18(28)33-17;1-11(2,3)12(4)8-10-6-5-7-13(10)9-14;8-6-4-7-2-1-3-9(7)5-6;1-2/h4-6H,3,28H2,1-2H3,(H,29,30,31);9-10H,5-8H2,1-4H3;6-7H,1-5H2;1-2H3/t;10-;;/m.0../s1. The maximum atomic E-state index is 15.9. The van der Waals surface area contributed by atoms with Crippen molar-refractivity contribution < 1.29 is 35.9 Å². The van der Waals surface area contributed by atoms with Crippen molar-refractivity contribution in [2.24, 2.45) is 0 Å². The second kappa shape index (κ2) is 19.6. The molecule has 3 aliphatic rings. The van der Waals surface area contributed by atoms with Crippen LogP contribution < -0.4 is 15.8 Å². The lowest BCUT2D eigenvalue weighted by Crippen LogP contribution is -2.46. The first-order valence-electron chi connectivity index (χ1n) is 19.5. The Morgan fingerprint density at radius 1 is 1.14 bits per heavy atom. The molecule has 4 aromatic rings. The summed E-state index contributed by atoms with van der Waals surface area (Å²) in [5, 5.41) is 11.8. The highest BCUT2D eigenvalue weighted by Crippen LogP contribution is 2.47. The summed E-state index contributed by atoms with van der Waals surface area (Å²) in [6, 6.07) is 5.18. The molecule has 0 bridgehead atoms. The van der Waals surface area contributed by atoms with Crippen LogP contribution in [0.1, 0.15) is 84.8 Å². The van der Waals surface area contributed by atoms with Gasteiger partial charge in [0.05, 0.1) is 22.9 Å². The number of carbonyl (C=O) groups is 1. The minimum atomic E-state index is -5.00. The Hall–Kier alpha value is -4.40. The first-order chi connectivity index (χ1) is 27.4. The second-order valence-electron chi connectivity index (χ2n) is 15.2. The third-order valence-electron chi connectivity index (χ3n) is 10.6. The van der Waals surface area contributed by atoms with Crippen molar-refractivity contribution in [2.75, 3.05) is 57.9 Å². The van der Waals surface area contributed by atoms with Gasteiger partial charge in [0, 0.05) is 60.1 Å². The van der Waals surface area contributed by atoms with Gasteiger partial charge in [-0.05, 0) is 91.1 Å². The van der Waals surface area contributed by atoms with E-state index in [2.05, 4.69) is 52.9 Å². The molecule has 5 heterocycles. The van der Waals surface area contributed by atoms with E-state index in [0.29, 0.717) is 30.0 Å². The van der Waals surface area contributed by atoms with Crippen molar-refractivity contribution in [3.8, 4) is 23.2 Å². The van der Waals surface area contributed by atoms with E-state index in [1.807, 2.05) is 18.7 Å². The summed E-state index contributed by atoms with van der Waals surface area (Å²) in [4.78, 5) is 25.2. The van der Waals surface area contributed by atoms with Crippen LogP contribution in [0, 0.1) is 23.0 Å². The van der Waals surface area contributed by atoms with Crippen LogP contribution in [0.3, 0.4) is 0 Å². The molecular weight excluding hydrogens is 783 g/mol. The number of nitrogens with one attached hydrogen (secondary N) is 1. The quantitative estimate of drug-likeness (QED) is 0.139. The van der Waals surface area contributed by atoms with Gasteiger partial charge in [-0.2, -0.15) is 28.4 Å². The third kappa shape index (κ3) is 10.2. The average Bonchev–Trinajstić information content (AvgIpc) is 3.97. The number of fused-ring (bicyclic) bond motifs is 3. The van der Waals surface area contributed by atoms with Crippen LogP contribution in [0.15, 0.2) is 18.2 Å². The van der Waals surface area contributed by atoms with E-state index in [9.17, 15) is 32.0 Å². The Balaban J connectivity index is 0.000000242. The van der Waals surface area contributed by atoms with Crippen LogP contribution in [0.2, 0.25) is 0 Å². The number of thiophene rings is 1. The lowest BCUT2D eigenvalue weighted by atomic mass is 9.92. The summed E-state index contributed by atoms with van der Waals surface area (Å²) in [5.74, 6) is -2.15. The van der Waals surface area contributed by atoms with Crippen molar-refractivity contribution in [3.05, 3.63) is 41.0 Å². The summed E-state index contributed by atoms with van der Waals surface area (Å²) < 4.78 is 90.2. The minimum Gasteiger partial charge on any atom is -0.467 e. The smallest absolute Gasteiger partial charge is 0.417 e. The molecule has 3 atom stereocenters. The summed E-state index contributed by atoms with van der Waals surface area (Å²) >= 11 is 0.698. The second-order valence-corrected chi connectivity index (χ2v) is 16.2. The van der Waals surface area contributed by atoms with E-state index in [0.717, 1.165) is 63.5 Å². The monoisotopic (exact) mass is 836 g/mol. The van der Waals surface area contributed by atoms with Gasteiger partial charge >= 0.3 is 12.2 Å². The predicted octanol–water partition coefficient (Wildman–Crippen LogP) is 9.26. The number of benzene rings is 2. The van der Waals surface area contributed by atoms with Crippen LogP contribution in [0.5, 0.6) is 6.01 Å². The molecule has 3 N–H and O–H groups in total. The third-order valence-corrected chi connectivity index (χ3v) is 11.6. The Morgan fingerprint density at radius 3 is 2.41 bits per heavy atom. The van der Waals surface area contributed by atoms with E-state index in [4.69, 9.17) is 10.5 Å². The number of aromatic nitrogens is 2. The molecule has 2 unspecified atom stereocenters. The van der Waals surface area contributed by atoms with Gasteiger partial charge in [-0.1, -0.05) is 19.9 Å². The fraction of sp³-hybridized carbons (Fsp3) is 0.561. The number of hydrogen-bond acceptors (Lipinski definition) is 10. The Labute approximate surface area is 340 Å². The molecule has 0 saturated carbocycles. The number of likely N-dealkylation sites (tertiary alicyclic amines) is 1. The fourth-order valence-corrected chi connectivity index (χ4v) is 8.35. The zero-order chi connectivity index (χ0) is 43.1. The van der Waals surface area contributed by atoms with Crippen molar-refractivity contribution >= 4 is 49.6 Å². The highest BCUT2D eigenvalue weighted by molar-refractivity contribution is 7.23. The van der Waals surface area contributed by atoms with E-state index in [-0.39, 0.29) is 55.5 Å². The molecule has 0 aliphatic carbocycles. The van der Waals surface area contributed by atoms with Gasteiger partial charge in [-0.3, -0.25) is 14.6 Å². The van der Waals surface area contributed by atoms with Crippen LogP contribution in [0.4, 0.5) is 37.2 Å². The number of nitrogens with two attached hydrogens (primary N) is 1. The SMILES string of the molecule is CC.CCNc1nc(OC)nc2c(F)c(-c3ccc(F)c4sc(N)c(C#N)c34)c(C(F)(F)F)cc12.CN(C[C@@H]1CCCN1C=O)C(C)(C)C.FC1CC2CCCN2C1. The van der Waals surface area contributed by atoms with E-state index < -0.39 is 40.6 Å². The molecule has 0 radical (unpaired) electrons. The van der Waals surface area contributed by atoms with Gasteiger partial charge in [0.2, 0.25) is 6.41 Å². The number of ether oxygens (including phenoxy) is 1. The normalized spacial score (nSPS) is 19.1. The maximum absolute atomic E-state index is 15.9. The highest BCUT2D eigenvalue weighted by Gasteiger charge is 2.38. The highest BCUT2D eigenvalue weighted by atomic mass is 32.1. The zero-order valence-electron chi connectivity index (χ0n) is 34.4. The maximum Gasteiger partial charge on any atom is 0.417 e. The average molecular weight is 837 g/mol. The van der Waals surface area contributed by atoms with Crippen LogP contribution in [-0.4, -0.2) is 102 Å². The number of alkyl halides is 4.